The molecule has 2 N–H and O–H groups in total. The number of nitrogens with one attached hydrogen (secondary N) is 1. The summed E-state index contributed by atoms with van der Waals surface area (Å²) in [6.07, 6.45) is -0.0649. The van der Waals surface area contributed by atoms with Crippen molar-refractivity contribution in [3.05, 3.63) is 0 Å². The summed E-state index contributed by atoms with van der Waals surface area (Å²) in [5.74, 6) is -3.17. The van der Waals surface area contributed by atoms with E-state index in [-0.39, 0.29) is 6.21 Å². The lowest BCUT2D eigenvalue weighted by Crippen LogP contribution is -2.46. The van der Waals surface area contributed by atoms with Gasteiger partial charge in [-0.25, -0.2) is 0 Å². The van der Waals surface area contributed by atoms with E-state index in [0.29, 0.717) is 0 Å². The van der Waals surface area contributed by atoms with Crippen molar-refractivity contribution < 1.29 is 33.9 Å². The van der Waals surface area contributed by atoms with Crippen molar-refractivity contribution in [1.82, 2.24) is 0 Å². The van der Waals surface area contributed by atoms with Crippen LogP contribution in [0.15, 0.2) is 0 Å². The molecule has 11 heteroatoms. The third-order valence-electron chi connectivity index (χ3n) is 0.792. The van der Waals surface area contributed by atoms with Crippen LogP contribution in [0, 0.1) is 5.41 Å². The van der Waals surface area contributed by atoms with Crippen LogP contribution in [0.1, 0.15) is 0 Å². The highest BCUT2D eigenvalue weighted by molar-refractivity contribution is 7.95. The molecule has 0 saturated carbocycles. The van der Waals surface area contributed by atoms with E-state index in [0.717, 1.165) is 0 Å². The van der Waals surface area contributed by atoms with Crippen LogP contribution in [-0.4, -0.2) is 34.1 Å². The largest absolute Gasteiger partial charge is 0.421 e. The van der Waals surface area contributed by atoms with E-state index < -0.39 is 26.8 Å². The van der Waals surface area contributed by atoms with Crippen molar-refractivity contribution >= 4 is 27.0 Å². The molecule has 0 amide bonds. The summed E-state index contributed by atoms with van der Waals surface area (Å²) in [6, 6.07) is 0. The lowest BCUT2D eigenvalue weighted by molar-refractivity contribution is -0.222. The monoisotopic (exact) mass is 233 g/mol. The molecule has 1 heterocycles. The SMILES string of the molecule is N=CC1(O)OS(=O)(=O)OS(=O)(=O)O1. The fourth-order valence-corrected chi connectivity index (χ4v) is 2.32. The van der Waals surface area contributed by atoms with Gasteiger partial charge >= 0.3 is 26.8 Å². The molecule has 0 spiro atoms. The second-order valence-electron chi connectivity index (χ2n) is 1.83. The van der Waals surface area contributed by atoms with E-state index in [1.807, 2.05) is 0 Å². The second-order valence-corrected chi connectivity index (χ2v) is 4.34. The molecule has 13 heavy (non-hydrogen) atoms. The maximum absolute atomic E-state index is 10.5. The highest BCUT2D eigenvalue weighted by Gasteiger charge is 2.48. The van der Waals surface area contributed by atoms with E-state index in [4.69, 9.17) is 10.5 Å². The smallest absolute Gasteiger partial charge is 0.337 e. The van der Waals surface area contributed by atoms with Gasteiger partial charge in [0.05, 0.1) is 6.21 Å². The van der Waals surface area contributed by atoms with E-state index in [1.54, 1.807) is 0 Å². The van der Waals surface area contributed by atoms with Gasteiger partial charge in [-0.05, 0) is 0 Å². The van der Waals surface area contributed by atoms with Crippen LogP contribution in [0.25, 0.3) is 0 Å². The normalized spacial score (nSPS) is 29.3. The van der Waals surface area contributed by atoms with Crippen molar-refractivity contribution in [3.63, 3.8) is 0 Å². The summed E-state index contributed by atoms with van der Waals surface area (Å²) in [6.45, 7) is 0. The van der Waals surface area contributed by atoms with Gasteiger partial charge in [0.1, 0.15) is 0 Å². The highest BCUT2D eigenvalue weighted by atomic mass is 32.3. The second kappa shape index (κ2) is 2.70. The number of hydrogen-bond acceptors (Lipinski definition) is 9. The fraction of sp³-hybridized carbons (Fsp3) is 0.500. The van der Waals surface area contributed by atoms with Gasteiger partial charge in [-0.2, -0.15) is 25.2 Å². The molecule has 1 fully saturated rings. The molecule has 1 aliphatic rings. The van der Waals surface area contributed by atoms with Crippen molar-refractivity contribution in [2.24, 2.45) is 0 Å². The van der Waals surface area contributed by atoms with Crippen molar-refractivity contribution in [3.8, 4) is 0 Å². The predicted octanol–water partition coefficient (Wildman–Crippen LogP) is -2.16. The molecule has 0 bridgehead atoms. The minimum atomic E-state index is -4.92. The molecule has 0 aromatic heterocycles. The van der Waals surface area contributed by atoms with Gasteiger partial charge < -0.3 is 10.5 Å². The third kappa shape index (κ3) is 2.43. The van der Waals surface area contributed by atoms with Crippen LogP contribution >= 0.6 is 0 Å². The van der Waals surface area contributed by atoms with Gasteiger partial charge in [-0.1, -0.05) is 0 Å². The fourth-order valence-electron chi connectivity index (χ4n) is 0.484. The molecule has 1 saturated heterocycles. The van der Waals surface area contributed by atoms with E-state index in [1.165, 1.54) is 0 Å². The minimum Gasteiger partial charge on any atom is -0.337 e. The Bertz CT molecular complexity index is 383. The summed E-state index contributed by atoms with van der Waals surface area (Å²) in [5.41, 5.74) is 0. The molecule has 0 unspecified atom stereocenters. The molecule has 76 valence electrons. The average Bonchev–Trinajstić information content (AvgIpc) is 1.79. The van der Waals surface area contributed by atoms with Gasteiger partial charge in [0.2, 0.25) is 0 Å². The van der Waals surface area contributed by atoms with Crippen molar-refractivity contribution in [1.29, 1.82) is 5.41 Å². The standard InChI is InChI=1S/C2H3NO8S2/c3-1-2(4)9-12(5,6)11-13(7,8)10-2/h1,3-4H. The molecule has 0 atom stereocenters. The first-order valence-electron chi connectivity index (χ1n) is 2.54. The van der Waals surface area contributed by atoms with Crippen LogP contribution in [-0.2, 0) is 32.8 Å². The summed E-state index contributed by atoms with van der Waals surface area (Å²) in [7, 11) is -9.85. The molecule has 0 aromatic rings. The summed E-state index contributed by atoms with van der Waals surface area (Å²) < 4.78 is 52.4. The predicted molar refractivity (Wildman–Crippen MR) is 34.8 cm³/mol. The molecular formula is C2H3NO8S2. The average molecular weight is 233 g/mol. The first-order valence-corrected chi connectivity index (χ1v) is 5.21. The van der Waals surface area contributed by atoms with Gasteiger partial charge in [-0.15, -0.1) is 3.63 Å². The highest BCUT2D eigenvalue weighted by Crippen LogP contribution is 2.23. The number of hydrogen-bond donors (Lipinski definition) is 2. The van der Waals surface area contributed by atoms with Crippen LogP contribution in [0.2, 0.25) is 0 Å². The number of aliphatic hydroxyl groups is 1. The Kier molecular flexibility index (Phi) is 2.18. The van der Waals surface area contributed by atoms with Gasteiger partial charge in [-0.3, -0.25) is 0 Å². The van der Waals surface area contributed by atoms with Gasteiger partial charge in [0.25, 0.3) is 0 Å². The van der Waals surface area contributed by atoms with Crippen molar-refractivity contribution in [2.45, 2.75) is 5.97 Å². The van der Waals surface area contributed by atoms with Crippen LogP contribution < -0.4 is 0 Å². The molecule has 1 rings (SSSR count). The van der Waals surface area contributed by atoms with Gasteiger partial charge in [0.15, 0.2) is 0 Å². The quantitative estimate of drug-likeness (QED) is 0.488. The topological polar surface area (TPSA) is 140 Å². The molecule has 9 nitrogen and oxygen atoms in total. The zero-order valence-electron chi connectivity index (χ0n) is 5.70. The zero-order chi connectivity index (χ0) is 10.3. The first-order chi connectivity index (χ1) is 5.68. The number of rotatable bonds is 1. The molecular weight excluding hydrogens is 230 g/mol. The van der Waals surface area contributed by atoms with Crippen LogP contribution in [0.4, 0.5) is 0 Å². The maximum atomic E-state index is 10.5. The Morgan fingerprint density at radius 3 is 1.85 bits per heavy atom. The molecule has 0 aliphatic carbocycles. The minimum absolute atomic E-state index is 0.0649. The third-order valence-corrected chi connectivity index (χ3v) is 3.01. The molecule has 1 aliphatic heterocycles. The van der Waals surface area contributed by atoms with Crippen molar-refractivity contribution in [2.75, 3.05) is 0 Å². The lowest BCUT2D eigenvalue weighted by Gasteiger charge is -2.24. The molecule has 0 radical (unpaired) electrons. The maximum Gasteiger partial charge on any atom is 0.421 e. The zero-order valence-corrected chi connectivity index (χ0v) is 7.33. The summed E-state index contributed by atoms with van der Waals surface area (Å²) in [4.78, 5) is 0. The van der Waals surface area contributed by atoms with E-state index >= 15 is 0 Å². The van der Waals surface area contributed by atoms with E-state index in [9.17, 15) is 16.8 Å². The van der Waals surface area contributed by atoms with Crippen LogP contribution in [0.3, 0.4) is 0 Å². The lowest BCUT2D eigenvalue weighted by atomic mass is 10.6. The summed E-state index contributed by atoms with van der Waals surface area (Å²) in [5, 5.41) is 15.3. The van der Waals surface area contributed by atoms with Crippen LogP contribution in [0.5, 0.6) is 0 Å². The Hall–Kier alpha value is -0.590. The molecule has 0 aromatic carbocycles. The Labute approximate surface area is 73.0 Å². The Morgan fingerprint density at radius 1 is 1.15 bits per heavy atom. The summed E-state index contributed by atoms with van der Waals surface area (Å²) >= 11 is 0. The Balaban J connectivity index is 3.19. The first kappa shape index (κ1) is 10.5. The van der Waals surface area contributed by atoms with Gasteiger partial charge in [0, 0.05) is 0 Å². The Morgan fingerprint density at radius 2 is 1.54 bits per heavy atom. The van der Waals surface area contributed by atoms with E-state index in [2.05, 4.69) is 12.0 Å².